The Bertz CT molecular complexity index is 804. The largest absolute Gasteiger partial charge is 0.481 e. The SMILES string of the molecule is O=C(O)C[C@H]1COCN1C(=O)OCC1c2ccccc2-c2ccccc21. The monoisotopic (exact) mass is 353 g/mol. The van der Waals surface area contributed by atoms with E-state index in [0.717, 1.165) is 22.3 Å². The van der Waals surface area contributed by atoms with Gasteiger partial charge < -0.3 is 14.6 Å². The van der Waals surface area contributed by atoms with Gasteiger partial charge in [-0.2, -0.15) is 0 Å². The molecule has 0 aromatic heterocycles. The van der Waals surface area contributed by atoms with E-state index in [4.69, 9.17) is 14.6 Å². The molecule has 6 nitrogen and oxygen atoms in total. The van der Waals surface area contributed by atoms with E-state index in [-0.39, 0.29) is 32.3 Å². The van der Waals surface area contributed by atoms with Crippen molar-refractivity contribution in [3.8, 4) is 11.1 Å². The third kappa shape index (κ3) is 2.93. The first-order chi connectivity index (χ1) is 12.6. The van der Waals surface area contributed by atoms with Crippen LogP contribution < -0.4 is 0 Å². The van der Waals surface area contributed by atoms with Gasteiger partial charge in [0.15, 0.2) is 0 Å². The van der Waals surface area contributed by atoms with Gasteiger partial charge in [0.25, 0.3) is 0 Å². The average molecular weight is 353 g/mol. The molecule has 0 saturated carbocycles. The average Bonchev–Trinajstić information content (AvgIpc) is 3.22. The molecule has 2 aromatic carbocycles. The molecule has 6 heteroatoms. The summed E-state index contributed by atoms with van der Waals surface area (Å²) < 4.78 is 10.8. The van der Waals surface area contributed by atoms with Crippen molar-refractivity contribution in [1.29, 1.82) is 0 Å². The van der Waals surface area contributed by atoms with E-state index in [2.05, 4.69) is 24.3 Å². The van der Waals surface area contributed by atoms with Crippen molar-refractivity contribution in [3.63, 3.8) is 0 Å². The molecule has 1 aliphatic heterocycles. The lowest BCUT2D eigenvalue weighted by Crippen LogP contribution is -2.38. The highest BCUT2D eigenvalue weighted by Crippen LogP contribution is 2.44. The van der Waals surface area contributed by atoms with Crippen LogP contribution in [0.15, 0.2) is 48.5 Å². The first kappa shape index (κ1) is 16.6. The van der Waals surface area contributed by atoms with Crippen LogP contribution in [0.2, 0.25) is 0 Å². The number of fused-ring (bicyclic) bond motifs is 3. The molecule has 4 rings (SSSR count). The van der Waals surface area contributed by atoms with Crippen molar-refractivity contribution in [2.45, 2.75) is 18.4 Å². The summed E-state index contributed by atoms with van der Waals surface area (Å²) in [5.74, 6) is -0.982. The molecule has 0 bridgehead atoms. The smallest absolute Gasteiger partial charge is 0.411 e. The molecule has 1 fully saturated rings. The first-order valence-electron chi connectivity index (χ1n) is 8.56. The fraction of sp³-hybridized carbons (Fsp3) is 0.300. The predicted molar refractivity (Wildman–Crippen MR) is 93.8 cm³/mol. The standard InChI is InChI=1S/C20H19NO5/c22-19(23)9-13-10-25-12-21(13)20(24)26-11-18-16-7-3-1-5-14(16)15-6-2-4-8-17(15)18/h1-8,13,18H,9-12H2,(H,22,23)/t13-/m0/s1. The highest BCUT2D eigenvalue weighted by atomic mass is 16.6. The number of aliphatic carboxylic acids is 1. The molecular weight excluding hydrogens is 334 g/mol. The van der Waals surface area contributed by atoms with Gasteiger partial charge in [0.1, 0.15) is 13.3 Å². The highest BCUT2D eigenvalue weighted by Gasteiger charge is 2.34. The van der Waals surface area contributed by atoms with Gasteiger partial charge >= 0.3 is 12.1 Å². The molecule has 0 spiro atoms. The van der Waals surface area contributed by atoms with Gasteiger partial charge in [-0.3, -0.25) is 9.69 Å². The summed E-state index contributed by atoms with van der Waals surface area (Å²) in [5, 5.41) is 8.96. The van der Waals surface area contributed by atoms with Crippen molar-refractivity contribution in [2.75, 3.05) is 19.9 Å². The number of rotatable bonds is 4. The molecule has 134 valence electrons. The molecule has 1 atom stereocenters. The predicted octanol–water partition coefficient (Wildman–Crippen LogP) is 3.07. The molecule has 1 amide bonds. The Morgan fingerprint density at radius 2 is 1.69 bits per heavy atom. The first-order valence-corrected chi connectivity index (χ1v) is 8.56. The Kier molecular flexibility index (Phi) is 4.34. The zero-order valence-corrected chi connectivity index (χ0v) is 14.1. The molecule has 2 aliphatic rings. The number of carboxylic acid groups (broad SMARTS) is 1. The Labute approximate surface area is 151 Å². The third-order valence-corrected chi connectivity index (χ3v) is 4.96. The molecule has 0 radical (unpaired) electrons. The van der Waals surface area contributed by atoms with Crippen molar-refractivity contribution in [3.05, 3.63) is 59.7 Å². The maximum atomic E-state index is 12.4. The van der Waals surface area contributed by atoms with Gasteiger partial charge in [-0.25, -0.2) is 4.79 Å². The van der Waals surface area contributed by atoms with Crippen molar-refractivity contribution < 1.29 is 24.2 Å². The van der Waals surface area contributed by atoms with Crippen LogP contribution in [-0.4, -0.2) is 48.1 Å². The number of amides is 1. The second-order valence-corrected chi connectivity index (χ2v) is 6.53. The molecule has 1 saturated heterocycles. The van der Waals surface area contributed by atoms with E-state index in [0.29, 0.717) is 0 Å². The van der Waals surface area contributed by atoms with Crippen LogP contribution in [0.4, 0.5) is 4.79 Å². The molecular formula is C20H19NO5. The van der Waals surface area contributed by atoms with Gasteiger partial charge in [0, 0.05) is 5.92 Å². The van der Waals surface area contributed by atoms with Crippen molar-refractivity contribution in [2.24, 2.45) is 0 Å². The maximum absolute atomic E-state index is 12.4. The Hall–Kier alpha value is -2.86. The van der Waals surface area contributed by atoms with E-state index in [9.17, 15) is 9.59 Å². The van der Waals surface area contributed by atoms with Crippen LogP contribution in [0.3, 0.4) is 0 Å². The van der Waals surface area contributed by atoms with Gasteiger partial charge in [-0.15, -0.1) is 0 Å². The summed E-state index contributed by atoms with van der Waals surface area (Å²) in [6.45, 7) is 0.494. The van der Waals surface area contributed by atoms with Crippen LogP contribution in [0.1, 0.15) is 23.5 Å². The van der Waals surface area contributed by atoms with E-state index in [1.54, 1.807) is 0 Å². The van der Waals surface area contributed by atoms with Crippen molar-refractivity contribution >= 4 is 12.1 Å². The quantitative estimate of drug-likeness (QED) is 0.914. The fourth-order valence-electron chi connectivity index (χ4n) is 3.73. The van der Waals surface area contributed by atoms with Crippen LogP contribution >= 0.6 is 0 Å². The fourth-order valence-corrected chi connectivity index (χ4v) is 3.73. The Morgan fingerprint density at radius 3 is 2.31 bits per heavy atom. The molecule has 1 N–H and O–H groups in total. The minimum Gasteiger partial charge on any atom is -0.481 e. The summed E-state index contributed by atoms with van der Waals surface area (Å²) in [6, 6.07) is 15.8. The van der Waals surface area contributed by atoms with Gasteiger partial charge in [0.2, 0.25) is 0 Å². The van der Waals surface area contributed by atoms with Crippen LogP contribution in [0, 0.1) is 0 Å². The summed E-state index contributed by atoms with van der Waals surface area (Å²) in [7, 11) is 0. The minimum atomic E-state index is -0.961. The third-order valence-electron chi connectivity index (χ3n) is 4.96. The van der Waals surface area contributed by atoms with Gasteiger partial charge in [-0.05, 0) is 22.3 Å². The van der Waals surface area contributed by atoms with E-state index < -0.39 is 18.1 Å². The molecule has 26 heavy (non-hydrogen) atoms. The normalized spacial score (nSPS) is 18.5. The number of carbonyl (C=O) groups is 2. The number of carbonyl (C=O) groups excluding carboxylic acids is 1. The van der Waals surface area contributed by atoms with Crippen LogP contribution in [0.25, 0.3) is 11.1 Å². The topological polar surface area (TPSA) is 76.1 Å². The zero-order chi connectivity index (χ0) is 18.1. The van der Waals surface area contributed by atoms with Gasteiger partial charge in [0.05, 0.1) is 19.1 Å². The Morgan fingerprint density at radius 1 is 1.08 bits per heavy atom. The van der Waals surface area contributed by atoms with Crippen LogP contribution in [-0.2, 0) is 14.3 Å². The lowest BCUT2D eigenvalue weighted by atomic mass is 9.98. The molecule has 0 unspecified atom stereocenters. The minimum absolute atomic E-state index is 0.0206. The zero-order valence-electron chi connectivity index (χ0n) is 14.1. The summed E-state index contributed by atoms with van der Waals surface area (Å²) in [4.78, 5) is 24.7. The molecule has 1 heterocycles. The van der Waals surface area contributed by atoms with Crippen molar-refractivity contribution in [1.82, 2.24) is 4.90 Å². The number of hydrogen-bond donors (Lipinski definition) is 1. The second kappa shape index (κ2) is 6.80. The van der Waals surface area contributed by atoms with E-state index >= 15 is 0 Å². The van der Waals surface area contributed by atoms with E-state index in [1.807, 2.05) is 24.3 Å². The van der Waals surface area contributed by atoms with E-state index in [1.165, 1.54) is 4.90 Å². The summed E-state index contributed by atoms with van der Waals surface area (Å²) in [6.07, 6.45) is -0.680. The highest BCUT2D eigenvalue weighted by molar-refractivity contribution is 5.79. The number of benzene rings is 2. The molecule has 1 aliphatic carbocycles. The lowest BCUT2D eigenvalue weighted by molar-refractivity contribution is -0.137. The number of carboxylic acids is 1. The second-order valence-electron chi connectivity index (χ2n) is 6.53. The number of nitrogens with zero attached hydrogens (tertiary/aromatic N) is 1. The maximum Gasteiger partial charge on any atom is 0.411 e. The Balaban J connectivity index is 1.50. The van der Waals surface area contributed by atoms with Gasteiger partial charge in [-0.1, -0.05) is 48.5 Å². The summed E-state index contributed by atoms with van der Waals surface area (Å²) in [5.41, 5.74) is 4.61. The number of ether oxygens (including phenoxy) is 2. The summed E-state index contributed by atoms with van der Waals surface area (Å²) >= 11 is 0. The lowest BCUT2D eigenvalue weighted by Gasteiger charge is -2.22. The number of hydrogen-bond acceptors (Lipinski definition) is 4. The van der Waals surface area contributed by atoms with Crippen LogP contribution in [0.5, 0.6) is 0 Å². The molecule has 2 aromatic rings.